The molecule has 1 fully saturated rings. The molecule has 1 N–H and O–H groups in total. The van der Waals surface area contributed by atoms with Crippen LogP contribution in [0.5, 0.6) is 0 Å². The van der Waals surface area contributed by atoms with Gasteiger partial charge < -0.3 is 9.84 Å². The second kappa shape index (κ2) is 7.88. The maximum absolute atomic E-state index is 12.1. The Morgan fingerprint density at radius 1 is 1.21 bits per heavy atom. The van der Waals surface area contributed by atoms with Crippen molar-refractivity contribution in [3.05, 3.63) is 0 Å². The summed E-state index contributed by atoms with van der Waals surface area (Å²) < 4.78 is 5.12. The van der Waals surface area contributed by atoms with Crippen molar-refractivity contribution in [1.82, 2.24) is 0 Å². The Balaban J connectivity index is 2.77. The topological polar surface area (TPSA) is 46.5 Å². The van der Waals surface area contributed by atoms with Crippen molar-refractivity contribution in [2.45, 2.75) is 77.7 Å². The van der Waals surface area contributed by atoms with Crippen LogP contribution in [0.15, 0.2) is 0 Å². The van der Waals surface area contributed by atoms with E-state index >= 15 is 0 Å². The van der Waals surface area contributed by atoms with Crippen molar-refractivity contribution in [3.63, 3.8) is 0 Å². The summed E-state index contributed by atoms with van der Waals surface area (Å²) in [5.74, 6) is 0.429. The van der Waals surface area contributed by atoms with Gasteiger partial charge in [0, 0.05) is 0 Å². The second-order valence-corrected chi connectivity index (χ2v) is 5.87. The first-order valence-electron chi connectivity index (χ1n) is 7.98. The van der Waals surface area contributed by atoms with Crippen LogP contribution < -0.4 is 0 Å². The highest BCUT2D eigenvalue weighted by Gasteiger charge is 2.44. The molecular weight excluding hydrogens is 240 g/mol. The van der Waals surface area contributed by atoms with Crippen LogP contribution in [0.2, 0.25) is 0 Å². The zero-order valence-corrected chi connectivity index (χ0v) is 12.8. The van der Waals surface area contributed by atoms with Gasteiger partial charge >= 0.3 is 5.97 Å². The molecule has 3 atom stereocenters. The van der Waals surface area contributed by atoms with Crippen LogP contribution in [0.3, 0.4) is 0 Å². The van der Waals surface area contributed by atoms with Crippen LogP contribution in [0.1, 0.15) is 72.1 Å². The molecule has 3 nitrogen and oxygen atoms in total. The summed E-state index contributed by atoms with van der Waals surface area (Å²) in [5, 5.41) is 10.8. The molecule has 0 aromatic carbocycles. The molecule has 1 aliphatic carbocycles. The molecular formula is C16H30O3. The lowest BCUT2D eigenvalue weighted by Crippen LogP contribution is -2.47. The molecule has 19 heavy (non-hydrogen) atoms. The highest BCUT2D eigenvalue weighted by atomic mass is 16.5. The molecule has 0 aromatic rings. The Hall–Kier alpha value is -0.570. The number of rotatable bonds is 6. The van der Waals surface area contributed by atoms with Gasteiger partial charge in [-0.2, -0.15) is 0 Å². The van der Waals surface area contributed by atoms with Crippen LogP contribution in [-0.2, 0) is 9.53 Å². The monoisotopic (exact) mass is 270 g/mol. The molecule has 0 heterocycles. The molecule has 112 valence electrons. The number of hydrogen-bond donors (Lipinski definition) is 1. The summed E-state index contributed by atoms with van der Waals surface area (Å²) in [6, 6.07) is 0. The van der Waals surface area contributed by atoms with E-state index in [1.807, 2.05) is 6.92 Å². The number of aliphatic hydroxyl groups is 1. The zero-order valence-electron chi connectivity index (χ0n) is 12.8. The van der Waals surface area contributed by atoms with Gasteiger partial charge in [-0.15, -0.1) is 0 Å². The standard InChI is InChI=1S/C16H30O3/c1-4-12-16(18,15(17)19-6-3)14-9-7-8-13(5-2)10-11-14/h13-14,18H,4-12H2,1-3H3. The molecule has 0 radical (unpaired) electrons. The van der Waals surface area contributed by atoms with Gasteiger partial charge in [0.15, 0.2) is 5.60 Å². The minimum absolute atomic E-state index is 0.0723. The number of ether oxygens (including phenoxy) is 1. The van der Waals surface area contributed by atoms with E-state index in [0.29, 0.717) is 13.0 Å². The molecule has 0 bridgehead atoms. The van der Waals surface area contributed by atoms with Gasteiger partial charge in [0.1, 0.15) is 0 Å². The van der Waals surface area contributed by atoms with E-state index in [1.54, 1.807) is 6.92 Å². The van der Waals surface area contributed by atoms with E-state index in [4.69, 9.17) is 4.74 Å². The van der Waals surface area contributed by atoms with Crippen molar-refractivity contribution in [3.8, 4) is 0 Å². The molecule has 0 aromatic heterocycles. The maximum atomic E-state index is 12.1. The van der Waals surface area contributed by atoms with E-state index in [9.17, 15) is 9.90 Å². The van der Waals surface area contributed by atoms with Crippen molar-refractivity contribution in [2.75, 3.05) is 6.61 Å². The third kappa shape index (κ3) is 4.20. The Morgan fingerprint density at radius 2 is 1.95 bits per heavy atom. The van der Waals surface area contributed by atoms with E-state index < -0.39 is 11.6 Å². The van der Waals surface area contributed by atoms with E-state index in [2.05, 4.69) is 6.92 Å². The van der Waals surface area contributed by atoms with Crippen LogP contribution in [0.4, 0.5) is 0 Å². The fourth-order valence-corrected chi connectivity index (χ4v) is 3.37. The minimum atomic E-state index is -1.26. The first-order chi connectivity index (χ1) is 9.08. The van der Waals surface area contributed by atoms with Crippen LogP contribution >= 0.6 is 0 Å². The van der Waals surface area contributed by atoms with E-state index in [0.717, 1.165) is 38.0 Å². The van der Waals surface area contributed by atoms with Crippen LogP contribution in [-0.4, -0.2) is 23.3 Å². The SMILES string of the molecule is CCCC(O)(C(=O)OCC)C1CCCC(CC)CC1. The number of carbonyl (C=O) groups excluding carboxylic acids is 1. The predicted octanol–water partition coefficient (Wildman–Crippen LogP) is 3.69. The Labute approximate surface area is 117 Å². The van der Waals surface area contributed by atoms with Gasteiger partial charge in [-0.25, -0.2) is 4.79 Å². The average Bonchev–Trinajstić information content (AvgIpc) is 2.64. The van der Waals surface area contributed by atoms with Crippen molar-refractivity contribution in [1.29, 1.82) is 0 Å². The number of esters is 1. The smallest absolute Gasteiger partial charge is 0.338 e. The summed E-state index contributed by atoms with van der Waals surface area (Å²) >= 11 is 0. The van der Waals surface area contributed by atoms with Crippen molar-refractivity contribution < 1.29 is 14.6 Å². The van der Waals surface area contributed by atoms with Gasteiger partial charge in [-0.1, -0.05) is 46.0 Å². The lowest BCUT2D eigenvalue weighted by Gasteiger charge is -2.33. The molecule has 0 saturated heterocycles. The average molecular weight is 270 g/mol. The minimum Gasteiger partial charge on any atom is -0.464 e. The quantitative estimate of drug-likeness (QED) is 0.591. The molecule has 1 rings (SSSR count). The summed E-state index contributed by atoms with van der Waals surface area (Å²) in [6.07, 6.45) is 7.92. The maximum Gasteiger partial charge on any atom is 0.338 e. The fourth-order valence-electron chi connectivity index (χ4n) is 3.37. The normalized spacial score (nSPS) is 27.4. The van der Waals surface area contributed by atoms with E-state index in [1.165, 1.54) is 12.8 Å². The summed E-state index contributed by atoms with van der Waals surface area (Å²) in [5.41, 5.74) is -1.26. The fraction of sp³-hybridized carbons (Fsp3) is 0.938. The molecule has 1 saturated carbocycles. The van der Waals surface area contributed by atoms with E-state index in [-0.39, 0.29) is 5.92 Å². The van der Waals surface area contributed by atoms with Gasteiger partial charge in [-0.3, -0.25) is 0 Å². The summed E-state index contributed by atoms with van der Waals surface area (Å²) in [6.45, 7) is 6.38. The van der Waals surface area contributed by atoms with Crippen LogP contribution in [0.25, 0.3) is 0 Å². The number of hydrogen-bond acceptors (Lipinski definition) is 3. The second-order valence-electron chi connectivity index (χ2n) is 5.87. The van der Waals surface area contributed by atoms with Gasteiger partial charge in [0.25, 0.3) is 0 Å². The van der Waals surface area contributed by atoms with Crippen molar-refractivity contribution >= 4 is 5.97 Å². The lowest BCUT2D eigenvalue weighted by atomic mass is 9.79. The lowest BCUT2D eigenvalue weighted by molar-refractivity contribution is -0.173. The molecule has 3 heteroatoms. The highest BCUT2D eigenvalue weighted by Crippen LogP contribution is 2.38. The highest BCUT2D eigenvalue weighted by molar-refractivity contribution is 5.79. The zero-order chi connectivity index (χ0) is 14.3. The molecule has 3 unspecified atom stereocenters. The summed E-state index contributed by atoms with van der Waals surface area (Å²) in [4.78, 5) is 12.1. The first kappa shape index (κ1) is 16.5. The number of carbonyl (C=O) groups is 1. The molecule has 0 spiro atoms. The third-order valence-electron chi connectivity index (χ3n) is 4.60. The summed E-state index contributed by atoms with van der Waals surface area (Å²) in [7, 11) is 0. The van der Waals surface area contributed by atoms with Gasteiger partial charge in [0.05, 0.1) is 6.61 Å². The Kier molecular flexibility index (Phi) is 6.84. The van der Waals surface area contributed by atoms with Crippen molar-refractivity contribution in [2.24, 2.45) is 11.8 Å². The predicted molar refractivity (Wildman–Crippen MR) is 76.8 cm³/mol. The Morgan fingerprint density at radius 3 is 2.53 bits per heavy atom. The van der Waals surface area contributed by atoms with Gasteiger partial charge in [-0.05, 0) is 38.0 Å². The molecule has 0 aliphatic heterocycles. The molecule has 1 aliphatic rings. The third-order valence-corrected chi connectivity index (χ3v) is 4.60. The van der Waals surface area contributed by atoms with Gasteiger partial charge in [0.2, 0.25) is 0 Å². The largest absolute Gasteiger partial charge is 0.464 e. The first-order valence-corrected chi connectivity index (χ1v) is 7.98. The Bertz CT molecular complexity index is 277. The van der Waals surface area contributed by atoms with Crippen LogP contribution in [0, 0.1) is 11.8 Å². The molecule has 0 amide bonds.